The van der Waals surface area contributed by atoms with Gasteiger partial charge in [0.25, 0.3) is 5.91 Å². The Bertz CT molecular complexity index is 406. The van der Waals surface area contributed by atoms with E-state index in [0.717, 1.165) is 0 Å². The fourth-order valence-corrected chi connectivity index (χ4v) is 1.70. The van der Waals surface area contributed by atoms with Crippen molar-refractivity contribution in [3.63, 3.8) is 0 Å². The predicted octanol–water partition coefficient (Wildman–Crippen LogP) is 1.98. The molecule has 1 aromatic rings. The lowest BCUT2D eigenvalue weighted by Crippen LogP contribution is -2.40. The third-order valence-electron chi connectivity index (χ3n) is 2.80. The zero-order valence-electron chi connectivity index (χ0n) is 10.4. The number of rotatable bonds is 4. The Hall–Kier alpha value is -1.42. The van der Waals surface area contributed by atoms with Crippen LogP contribution >= 0.6 is 0 Å². The highest BCUT2D eigenvalue weighted by atomic mass is 19.1. The van der Waals surface area contributed by atoms with Crippen molar-refractivity contribution in [1.29, 1.82) is 0 Å². The quantitative estimate of drug-likeness (QED) is 0.872. The van der Waals surface area contributed by atoms with Gasteiger partial charge in [0.2, 0.25) is 0 Å². The monoisotopic (exact) mass is 239 g/mol. The normalized spacial score (nSPS) is 12.3. The summed E-state index contributed by atoms with van der Waals surface area (Å²) in [5.41, 5.74) is 0.898. The average Bonchev–Trinajstić information content (AvgIpc) is 2.33. The number of carbonyl (C=O) groups excluding carboxylic acids is 1. The molecule has 1 aromatic carbocycles. The lowest BCUT2D eigenvalue weighted by molar-refractivity contribution is 0.0632. The standard InChI is InChI=1S/C13H18FNO2/c1-4-15(10(3)8-16)13(17)11-5-6-12(14)9(2)7-11/h5-7,10,16H,4,8H2,1-3H3. The molecule has 0 aromatic heterocycles. The van der Waals surface area contributed by atoms with E-state index >= 15 is 0 Å². The minimum atomic E-state index is -0.320. The van der Waals surface area contributed by atoms with Gasteiger partial charge in [-0.2, -0.15) is 0 Å². The van der Waals surface area contributed by atoms with E-state index in [2.05, 4.69) is 0 Å². The molecule has 0 aliphatic heterocycles. The third-order valence-corrected chi connectivity index (χ3v) is 2.80. The third kappa shape index (κ3) is 3.03. The van der Waals surface area contributed by atoms with Gasteiger partial charge in [0.05, 0.1) is 12.6 Å². The molecule has 0 radical (unpaired) electrons. The van der Waals surface area contributed by atoms with Gasteiger partial charge < -0.3 is 10.0 Å². The molecule has 0 saturated heterocycles. The van der Waals surface area contributed by atoms with E-state index in [4.69, 9.17) is 5.11 Å². The Labute approximate surface area is 101 Å². The first-order chi connectivity index (χ1) is 8.01. The maximum atomic E-state index is 13.1. The van der Waals surface area contributed by atoms with Gasteiger partial charge in [0, 0.05) is 12.1 Å². The Morgan fingerprint density at radius 1 is 1.53 bits per heavy atom. The van der Waals surface area contributed by atoms with Crippen LogP contribution in [0.25, 0.3) is 0 Å². The predicted molar refractivity (Wildman–Crippen MR) is 64.4 cm³/mol. The first kappa shape index (κ1) is 13.6. The van der Waals surface area contributed by atoms with E-state index in [1.165, 1.54) is 18.2 Å². The summed E-state index contributed by atoms with van der Waals surface area (Å²) in [6.07, 6.45) is 0. The van der Waals surface area contributed by atoms with E-state index in [0.29, 0.717) is 17.7 Å². The molecule has 1 amide bonds. The number of aryl methyl sites for hydroxylation is 1. The van der Waals surface area contributed by atoms with E-state index in [-0.39, 0.29) is 24.4 Å². The number of aliphatic hydroxyl groups excluding tert-OH is 1. The fourth-order valence-electron chi connectivity index (χ4n) is 1.70. The number of likely N-dealkylation sites (N-methyl/N-ethyl adjacent to an activating group) is 1. The van der Waals surface area contributed by atoms with Crippen molar-refractivity contribution in [2.45, 2.75) is 26.8 Å². The van der Waals surface area contributed by atoms with Crippen LogP contribution < -0.4 is 0 Å². The summed E-state index contributed by atoms with van der Waals surface area (Å²) in [4.78, 5) is 13.7. The zero-order valence-corrected chi connectivity index (χ0v) is 10.4. The van der Waals surface area contributed by atoms with Gasteiger partial charge in [-0.1, -0.05) is 0 Å². The lowest BCUT2D eigenvalue weighted by atomic mass is 10.1. The van der Waals surface area contributed by atoms with Crippen molar-refractivity contribution in [2.75, 3.05) is 13.2 Å². The summed E-state index contributed by atoms with van der Waals surface area (Å²) in [6.45, 7) is 5.67. The minimum Gasteiger partial charge on any atom is -0.394 e. The number of amides is 1. The maximum Gasteiger partial charge on any atom is 0.254 e. The molecule has 0 aliphatic carbocycles. The first-order valence-corrected chi connectivity index (χ1v) is 5.69. The molecule has 17 heavy (non-hydrogen) atoms. The van der Waals surface area contributed by atoms with Gasteiger partial charge >= 0.3 is 0 Å². The maximum absolute atomic E-state index is 13.1. The second-order valence-electron chi connectivity index (χ2n) is 4.09. The molecule has 1 rings (SSSR count). The Morgan fingerprint density at radius 2 is 2.18 bits per heavy atom. The molecule has 0 aliphatic rings. The molecule has 0 bridgehead atoms. The van der Waals surface area contributed by atoms with Gasteiger partial charge in [-0.25, -0.2) is 4.39 Å². The van der Waals surface area contributed by atoms with Crippen LogP contribution in [0.3, 0.4) is 0 Å². The topological polar surface area (TPSA) is 40.5 Å². The van der Waals surface area contributed by atoms with Crippen LogP contribution in [0.1, 0.15) is 29.8 Å². The molecule has 0 fully saturated rings. The largest absolute Gasteiger partial charge is 0.394 e. The molecular formula is C13H18FNO2. The number of benzene rings is 1. The van der Waals surface area contributed by atoms with Gasteiger partial charge in [0.15, 0.2) is 0 Å². The lowest BCUT2D eigenvalue weighted by Gasteiger charge is -2.26. The van der Waals surface area contributed by atoms with Gasteiger partial charge in [-0.3, -0.25) is 4.79 Å². The summed E-state index contributed by atoms with van der Waals surface area (Å²) >= 11 is 0. The molecule has 94 valence electrons. The second kappa shape index (κ2) is 5.77. The minimum absolute atomic E-state index is 0.0836. The Balaban J connectivity index is 2.98. The number of hydrogen-bond acceptors (Lipinski definition) is 2. The van der Waals surface area contributed by atoms with Crippen LogP contribution in [0.15, 0.2) is 18.2 Å². The van der Waals surface area contributed by atoms with Crippen LogP contribution in [0.5, 0.6) is 0 Å². The molecule has 1 atom stereocenters. The van der Waals surface area contributed by atoms with Crippen LogP contribution in [-0.2, 0) is 0 Å². The van der Waals surface area contributed by atoms with Crippen molar-refractivity contribution in [1.82, 2.24) is 4.90 Å². The molecule has 3 nitrogen and oxygen atoms in total. The zero-order chi connectivity index (χ0) is 13.0. The van der Waals surface area contributed by atoms with Gasteiger partial charge in [-0.15, -0.1) is 0 Å². The van der Waals surface area contributed by atoms with Crippen LogP contribution in [0, 0.1) is 12.7 Å². The van der Waals surface area contributed by atoms with Crippen molar-refractivity contribution in [3.8, 4) is 0 Å². The van der Waals surface area contributed by atoms with Crippen LogP contribution in [0.4, 0.5) is 4.39 Å². The summed E-state index contributed by atoms with van der Waals surface area (Å²) < 4.78 is 13.1. The number of aliphatic hydroxyl groups is 1. The van der Waals surface area contributed by atoms with Crippen LogP contribution in [-0.4, -0.2) is 35.1 Å². The van der Waals surface area contributed by atoms with Crippen molar-refractivity contribution < 1.29 is 14.3 Å². The molecule has 0 saturated carbocycles. The number of carbonyl (C=O) groups is 1. The van der Waals surface area contributed by atoms with E-state index in [1.807, 2.05) is 6.92 Å². The van der Waals surface area contributed by atoms with Crippen LogP contribution in [0.2, 0.25) is 0 Å². The molecule has 0 spiro atoms. The highest BCUT2D eigenvalue weighted by molar-refractivity contribution is 5.94. The molecule has 4 heteroatoms. The highest BCUT2D eigenvalue weighted by Gasteiger charge is 2.19. The Morgan fingerprint density at radius 3 is 2.65 bits per heavy atom. The van der Waals surface area contributed by atoms with Crippen molar-refractivity contribution >= 4 is 5.91 Å². The molecule has 1 N–H and O–H groups in total. The molecule has 0 heterocycles. The summed E-state index contributed by atoms with van der Waals surface area (Å²) in [7, 11) is 0. The summed E-state index contributed by atoms with van der Waals surface area (Å²) in [6, 6.07) is 4.06. The first-order valence-electron chi connectivity index (χ1n) is 5.69. The summed E-state index contributed by atoms with van der Waals surface area (Å²) in [5, 5.41) is 9.08. The Kier molecular flexibility index (Phi) is 4.63. The van der Waals surface area contributed by atoms with Crippen molar-refractivity contribution in [3.05, 3.63) is 35.1 Å². The second-order valence-corrected chi connectivity index (χ2v) is 4.09. The fraction of sp³-hybridized carbons (Fsp3) is 0.462. The van der Waals surface area contributed by atoms with Gasteiger partial charge in [0.1, 0.15) is 5.82 Å². The summed E-state index contributed by atoms with van der Waals surface area (Å²) in [5.74, 6) is -0.503. The number of hydrogen-bond donors (Lipinski definition) is 1. The van der Waals surface area contributed by atoms with E-state index in [9.17, 15) is 9.18 Å². The molecule has 1 unspecified atom stereocenters. The van der Waals surface area contributed by atoms with Crippen molar-refractivity contribution in [2.24, 2.45) is 0 Å². The SMILES string of the molecule is CCN(C(=O)c1ccc(F)c(C)c1)C(C)CO. The van der Waals surface area contributed by atoms with E-state index in [1.54, 1.807) is 18.7 Å². The average molecular weight is 239 g/mol. The molecular weight excluding hydrogens is 221 g/mol. The van der Waals surface area contributed by atoms with E-state index < -0.39 is 0 Å². The van der Waals surface area contributed by atoms with Gasteiger partial charge in [-0.05, 0) is 44.5 Å². The number of halogens is 1. The number of nitrogens with zero attached hydrogens (tertiary/aromatic N) is 1. The highest BCUT2D eigenvalue weighted by Crippen LogP contribution is 2.13. The smallest absolute Gasteiger partial charge is 0.254 e.